The van der Waals surface area contributed by atoms with E-state index in [1.165, 1.54) is 6.07 Å². The summed E-state index contributed by atoms with van der Waals surface area (Å²) in [6, 6.07) is 5.68. The van der Waals surface area contributed by atoms with Gasteiger partial charge in [0.1, 0.15) is 11.9 Å². The summed E-state index contributed by atoms with van der Waals surface area (Å²) >= 11 is 0. The Morgan fingerprint density at radius 3 is 2.74 bits per heavy atom. The second-order valence-corrected chi connectivity index (χ2v) is 6.61. The van der Waals surface area contributed by atoms with Crippen LogP contribution in [0.2, 0.25) is 0 Å². The predicted molar refractivity (Wildman–Crippen MR) is 95.7 cm³/mol. The third kappa shape index (κ3) is 3.52. The number of nitrogens with zero attached hydrogens (tertiary/aromatic N) is 4. The van der Waals surface area contributed by atoms with Crippen molar-refractivity contribution in [2.24, 2.45) is 0 Å². The van der Waals surface area contributed by atoms with Crippen molar-refractivity contribution in [2.45, 2.75) is 32.4 Å². The maximum Gasteiger partial charge on any atom is 0.174 e. The normalized spacial score (nSPS) is 19.4. The van der Waals surface area contributed by atoms with Crippen molar-refractivity contribution in [3.05, 3.63) is 65.2 Å². The van der Waals surface area contributed by atoms with E-state index in [0.717, 1.165) is 23.9 Å². The van der Waals surface area contributed by atoms with E-state index in [0.29, 0.717) is 23.8 Å². The molecule has 8 heteroatoms. The molecule has 3 heterocycles. The molecule has 1 aliphatic heterocycles. The number of rotatable bonds is 4. The average Bonchev–Trinajstić information content (AvgIpc) is 3.23. The van der Waals surface area contributed by atoms with Crippen LogP contribution in [0.3, 0.4) is 0 Å². The number of aryl methyl sites for hydroxylation is 2. The van der Waals surface area contributed by atoms with Crippen LogP contribution in [-0.4, -0.2) is 32.4 Å². The van der Waals surface area contributed by atoms with Gasteiger partial charge in [0.25, 0.3) is 0 Å². The van der Waals surface area contributed by atoms with Crippen LogP contribution in [0, 0.1) is 25.5 Å². The molecule has 1 saturated heterocycles. The summed E-state index contributed by atoms with van der Waals surface area (Å²) in [6.07, 6.45) is 3.59. The number of aromatic nitrogens is 4. The summed E-state index contributed by atoms with van der Waals surface area (Å²) < 4.78 is 34.3. The molecule has 1 N–H and O–H groups in total. The summed E-state index contributed by atoms with van der Waals surface area (Å²) in [5.74, 6) is -0.574. The first-order valence-corrected chi connectivity index (χ1v) is 8.70. The van der Waals surface area contributed by atoms with Gasteiger partial charge >= 0.3 is 0 Å². The Morgan fingerprint density at radius 1 is 1.15 bits per heavy atom. The van der Waals surface area contributed by atoms with Crippen molar-refractivity contribution in [1.29, 1.82) is 0 Å². The number of nitrogens with one attached hydrogen (secondary N) is 1. The molecular formula is C19H19F2N5O. The molecule has 6 nitrogen and oxygen atoms in total. The predicted octanol–water partition coefficient (Wildman–Crippen LogP) is 3.50. The SMILES string of the molecule is Cc1cc(C)n(-c2cncc(NC3CCOC3c3ccc(F)c(F)c3)n2)n1. The molecule has 0 saturated carbocycles. The highest BCUT2D eigenvalue weighted by Crippen LogP contribution is 2.32. The lowest BCUT2D eigenvalue weighted by Gasteiger charge is -2.21. The molecule has 2 atom stereocenters. The smallest absolute Gasteiger partial charge is 0.174 e. The van der Waals surface area contributed by atoms with Crippen LogP contribution >= 0.6 is 0 Å². The molecule has 27 heavy (non-hydrogen) atoms. The highest BCUT2D eigenvalue weighted by atomic mass is 19.2. The monoisotopic (exact) mass is 371 g/mol. The molecule has 140 valence electrons. The van der Waals surface area contributed by atoms with Crippen LogP contribution in [0.5, 0.6) is 0 Å². The minimum atomic E-state index is -0.881. The molecule has 0 aliphatic carbocycles. The van der Waals surface area contributed by atoms with Gasteiger partial charge < -0.3 is 10.1 Å². The lowest BCUT2D eigenvalue weighted by Crippen LogP contribution is -2.24. The molecule has 1 aliphatic rings. The van der Waals surface area contributed by atoms with Gasteiger partial charge in [0, 0.05) is 12.3 Å². The van der Waals surface area contributed by atoms with Gasteiger partial charge in [-0.1, -0.05) is 6.07 Å². The molecule has 0 radical (unpaired) electrons. The third-order valence-electron chi connectivity index (χ3n) is 4.55. The number of ether oxygens (including phenoxy) is 1. The van der Waals surface area contributed by atoms with Crippen molar-refractivity contribution in [3.63, 3.8) is 0 Å². The summed E-state index contributed by atoms with van der Waals surface area (Å²) in [7, 11) is 0. The van der Waals surface area contributed by atoms with Crippen LogP contribution in [0.4, 0.5) is 14.6 Å². The zero-order valence-electron chi connectivity index (χ0n) is 15.0. The Balaban J connectivity index is 1.57. The van der Waals surface area contributed by atoms with E-state index in [-0.39, 0.29) is 12.1 Å². The van der Waals surface area contributed by atoms with Crippen LogP contribution in [0.25, 0.3) is 5.82 Å². The molecule has 4 rings (SSSR count). The second-order valence-electron chi connectivity index (χ2n) is 6.61. The van der Waals surface area contributed by atoms with Crippen LogP contribution < -0.4 is 5.32 Å². The Morgan fingerprint density at radius 2 is 2.00 bits per heavy atom. The summed E-state index contributed by atoms with van der Waals surface area (Å²) in [5, 5.41) is 7.72. The number of anilines is 1. The highest BCUT2D eigenvalue weighted by molar-refractivity contribution is 5.39. The largest absolute Gasteiger partial charge is 0.371 e. The zero-order chi connectivity index (χ0) is 19.0. The van der Waals surface area contributed by atoms with Crippen molar-refractivity contribution in [2.75, 3.05) is 11.9 Å². The molecule has 2 unspecified atom stereocenters. The third-order valence-corrected chi connectivity index (χ3v) is 4.55. The van der Waals surface area contributed by atoms with Crippen molar-refractivity contribution in [3.8, 4) is 5.82 Å². The summed E-state index contributed by atoms with van der Waals surface area (Å²) in [4.78, 5) is 8.82. The van der Waals surface area contributed by atoms with Crippen molar-refractivity contribution in [1.82, 2.24) is 19.7 Å². The molecule has 2 aromatic heterocycles. The fourth-order valence-electron chi connectivity index (χ4n) is 3.33. The first-order chi connectivity index (χ1) is 13.0. The number of benzene rings is 1. The van der Waals surface area contributed by atoms with Crippen molar-refractivity contribution >= 4 is 5.82 Å². The van der Waals surface area contributed by atoms with Gasteiger partial charge in [-0.25, -0.2) is 18.4 Å². The highest BCUT2D eigenvalue weighted by Gasteiger charge is 2.30. The van der Waals surface area contributed by atoms with E-state index >= 15 is 0 Å². The lowest BCUT2D eigenvalue weighted by molar-refractivity contribution is 0.107. The topological polar surface area (TPSA) is 64.9 Å². The quantitative estimate of drug-likeness (QED) is 0.760. The Bertz CT molecular complexity index is 974. The minimum Gasteiger partial charge on any atom is -0.371 e. The van der Waals surface area contributed by atoms with Gasteiger partial charge in [0.05, 0.1) is 24.1 Å². The van der Waals surface area contributed by atoms with Gasteiger partial charge in [-0.3, -0.25) is 4.98 Å². The summed E-state index contributed by atoms with van der Waals surface area (Å²) in [6.45, 7) is 4.39. The number of hydrogen-bond acceptors (Lipinski definition) is 5. The van der Waals surface area contributed by atoms with Gasteiger partial charge in [-0.15, -0.1) is 0 Å². The van der Waals surface area contributed by atoms with E-state index < -0.39 is 11.6 Å². The molecule has 1 aromatic carbocycles. The lowest BCUT2D eigenvalue weighted by atomic mass is 10.0. The molecule has 0 amide bonds. The maximum absolute atomic E-state index is 13.6. The van der Waals surface area contributed by atoms with E-state index in [4.69, 9.17) is 4.74 Å². The fourth-order valence-corrected chi connectivity index (χ4v) is 3.33. The van der Waals surface area contributed by atoms with Crippen LogP contribution in [0.1, 0.15) is 29.5 Å². The first-order valence-electron chi connectivity index (χ1n) is 8.70. The Hall–Kier alpha value is -2.87. The average molecular weight is 371 g/mol. The number of hydrogen-bond donors (Lipinski definition) is 1. The van der Waals surface area contributed by atoms with Gasteiger partial charge in [0.15, 0.2) is 17.5 Å². The van der Waals surface area contributed by atoms with Gasteiger partial charge in [0.2, 0.25) is 0 Å². The molecule has 1 fully saturated rings. The Kier molecular flexibility index (Phi) is 4.57. The van der Waals surface area contributed by atoms with Crippen molar-refractivity contribution < 1.29 is 13.5 Å². The summed E-state index contributed by atoms with van der Waals surface area (Å²) in [5.41, 5.74) is 2.45. The van der Waals surface area contributed by atoms with Gasteiger partial charge in [-0.05, 0) is 44.0 Å². The molecule has 0 spiro atoms. The maximum atomic E-state index is 13.6. The van der Waals surface area contributed by atoms with Gasteiger partial charge in [-0.2, -0.15) is 5.10 Å². The second kappa shape index (κ2) is 7.03. The zero-order valence-corrected chi connectivity index (χ0v) is 15.0. The van der Waals surface area contributed by atoms with E-state index in [1.54, 1.807) is 23.1 Å². The molecular weight excluding hydrogens is 352 g/mol. The fraction of sp³-hybridized carbons (Fsp3) is 0.316. The minimum absolute atomic E-state index is 0.125. The van der Waals surface area contributed by atoms with E-state index in [1.807, 2.05) is 19.9 Å². The number of halogens is 2. The first kappa shape index (κ1) is 17.5. The van der Waals surface area contributed by atoms with E-state index in [2.05, 4.69) is 20.4 Å². The molecule has 0 bridgehead atoms. The standard InChI is InChI=1S/C19H19F2N5O/c1-11-7-12(2)26(25-11)18-10-22-9-17(24-18)23-16-5-6-27-19(16)13-3-4-14(20)15(21)8-13/h3-4,7-10,16,19H,5-6H2,1-2H3,(H,23,24). The van der Waals surface area contributed by atoms with Crippen LogP contribution in [0.15, 0.2) is 36.7 Å². The molecule has 3 aromatic rings. The van der Waals surface area contributed by atoms with Crippen LogP contribution in [-0.2, 0) is 4.74 Å². The van der Waals surface area contributed by atoms with E-state index in [9.17, 15) is 8.78 Å². The Labute approximate surface area is 155 Å².